The summed E-state index contributed by atoms with van der Waals surface area (Å²) in [6.07, 6.45) is 0.753. The van der Waals surface area contributed by atoms with Crippen molar-refractivity contribution in [2.45, 2.75) is 61.8 Å². The molecule has 1 aromatic carbocycles. The van der Waals surface area contributed by atoms with Gasteiger partial charge in [0, 0.05) is 23.8 Å². The molecule has 1 unspecified atom stereocenters. The molecule has 0 spiro atoms. The second-order valence-corrected chi connectivity index (χ2v) is 12.7. The molecule has 33 heavy (non-hydrogen) atoms. The molecular formula is C20H25Cl2N3O6S2. The first kappa shape index (κ1) is 27.6. The Labute approximate surface area is 209 Å². The smallest absolute Gasteiger partial charge is 0.330 e. The summed E-state index contributed by atoms with van der Waals surface area (Å²) in [4.78, 5) is 48.8. The fourth-order valence-electron chi connectivity index (χ4n) is 3.93. The van der Waals surface area contributed by atoms with Crippen molar-refractivity contribution in [2.24, 2.45) is 0 Å². The number of rotatable bonds is 8. The lowest BCUT2D eigenvalue weighted by molar-refractivity contribution is -0.384. The van der Waals surface area contributed by atoms with E-state index in [-0.39, 0.29) is 36.5 Å². The van der Waals surface area contributed by atoms with E-state index in [1.807, 2.05) is 20.8 Å². The second kappa shape index (κ2) is 10.3. The van der Waals surface area contributed by atoms with Crippen LogP contribution in [0.3, 0.4) is 0 Å². The number of nitro benzene ring substituents is 1. The lowest BCUT2D eigenvalue weighted by atomic mass is 9.95. The zero-order valence-corrected chi connectivity index (χ0v) is 21.6. The Kier molecular flexibility index (Phi) is 8.59. The third-order valence-corrected chi connectivity index (χ3v) is 10.3. The summed E-state index contributed by atoms with van der Waals surface area (Å²) >= 11 is 1.42. The molecule has 2 aliphatic rings. The van der Waals surface area contributed by atoms with Gasteiger partial charge >= 0.3 is 16.7 Å². The number of ether oxygens (including phenoxy) is 1. The third kappa shape index (κ3) is 4.91. The number of nitrogens with zero attached hydrogens (tertiary/aromatic N) is 2. The quantitative estimate of drug-likeness (QED) is 0.159. The fraction of sp³-hybridized carbons (Fsp3) is 0.550. The van der Waals surface area contributed by atoms with Gasteiger partial charge in [-0.3, -0.25) is 25.0 Å². The van der Waals surface area contributed by atoms with E-state index in [9.17, 15) is 24.5 Å². The van der Waals surface area contributed by atoms with E-state index in [1.165, 1.54) is 47.9 Å². The molecule has 2 aliphatic heterocycles. The first-order valence-electron chi connectivity index (χ1n) is 10.0. The van der Waals surface area contributed by atoms with E-state index in [0.29, 0.717) is 11.3 Å². The highest BCUT2D eigenvalue weighted by Crippen LogP contribution is 2.57. The van der Waals surface area contributed by atoms with Crippen molar-refractivity contribution >= 4 is 56.0 Å². The Morgan fingerprint density at radius 1 is 1.33 bits per heavy atom. The molecule has 0 aliphatic carbocycles. The molecule has 9 nitrogen and oxygen atoms in total. The van der Waals surface area contributed by atoms with Crippen LogP contribution in [0.2, 0.25) is 0 Å². The van der Waals surface area contributed by atoms with Gasteiger partial charge in [-0.25, -0.2) is 4.79 Å². The number of nitro groups is 1. The van der Waals surface area contributed by atoms with Crippen molar-refractivity contribution in [3.63, 3.8) is 0 Å². The third-order valence-electron chi connectivity index (χ3n) is 5.35. The molecule has 2 amide bonds. The minimum Gasteiger partial charge on any atom is -1.00 e. The standard InChI is InChI=1S/C20H24ClN3O6S2.ClH/c1-5-10-32(21)20(22-12(2)25)17(27)23-15(19(3,4)31-18(20)23)16(26)30-11-13-6-8-14(9-7-13)24(28)29;/h6-9,15,18H,5,10-11H2,1-4H3;1H/t15-,18+,20+,32?;/m0./s1. The van der Waals surface area contributed by atoms with Crippen molar-refractivity contribution < 1.29 is 36.5 Å². The van der Waals surface area contributed by atoms with Crippen LogP contribution in [0.1, 0.15) is 39.7 Å². The molecule has 0 radical (unpaired) electrons. The number of hydrogen-bond donors (Lipinski definition) is 1. The van der Waals surface area contributed by atoms with Gasteiger partial charge in [0.15, 0.2) is 16.1 Å². The fourth-order valence-corrected chi connectivity index (χ4v) is 8.75. The molecule has 1 N–H and O–H groups in total. The summed E-state index contributed by atoms with van der Waals surface area (Å²) < 4.78 is 4.81. The van der Waals surface area contributed by atoms with Crippen LogP contribution in [0.15, 0.2) is 24.3 Å². The number of halogens is 2. The van der Waals surface area contributed by atoms with E-state index in [4.69, 9.17) is 15.4 Å². The van der Waals surface area contributed by atoms with Crippen molar-refractivity contribution in [3.05, 3.63) is 39.9 Å². The maximum atomic E-state index is 13.3. The predicted molar refractivity (Wildman–Crippen MR) is 124 cm³/mol. The summed E-state index contributed by atoms with van der Waals surface area (Å²) in [5, 5.41) is 13.1. The van der Waals surface area contributed by atoms with Crippen molar-refractivity contribution in [1.82, 2.24) is 10.2 Å². The van der Waals surface area contributed by atoms with Gasteiger partial charge in [-0.2, -0.15) is 0 Å². The Morgan fingerprint density at radius 3 is 2.45 bits per heavy atom. The van der Waals surface area contributed by atoms with E-state index >= 15 is 0 Å². The maximum Gasteiger partial charge on any atom is 0.330 e. The summed E-state index contributed by atoms with van der Waals surface area (Å²) in [7, 11) is 5.70. The molecule has 2 fully saturated rings. The lowest BCUT2D eigenvalue weighted by Gasteiger charge is -2.48. The number of esters is 1. The van der Waals surface area contributed by atoms with Crippen molar-refractivity contribution in [1.29, 1.82) is 0 Å². The Balaban J connectivity index is 0.00000385. The van der Waals surface area contributed by atoms with Crippen LogP contribution >= 0.6 is 22.4 Å². The second-order valence-electron chi connectivity index (χ2n) is 8.17. The Bertz CT molecular complexity index is 948. The average Bonchev–Trinajstić information content (AvgIpc) is 2.99. The van der Waals surface area contributed by atoms with Gasteiger partial charge in [0.05, 0.1) is 4.92 Å². The number of thioether (sulfide) groups is 1. The number of amides is 2. The van der Waals surface area contributed by atoms with Gasteiger partial charge in [0.1, 0.15) is 28.5 Å². The monoisotopic (exact) mass is 537 g/mol. The average molecular weight is 538 g/mol. The van der Waals surface area contributed by atoms with Crippen LogP contribution in [-0.4, -0.2) is 54.4 Å². The number of β-lactam (4-membered cyclic amide) rings is 1. The van der Waals surface area contributed by atoms with Gasteiger partial charge in [-0.1, -0.05) is 6.92 Å². The van der Waals surface area contributed by atoms with E-state index in [1.54, 1.807) is 0 Å². The number of nitrogens with one attached hydrogen (secondary N) is 1. The number of benzene rings is 1. The normalized spacial score (nSPS) is 25.8. The minimum atomic E-state index is -1.24. The topological polar surface area (TPSA) is 119 Å². The number of fused-ring (bicyclic) bond motifs is 1. The van der Waals surface area contributed by atoms with E-state index < -0.39 is 42.0 Å². The van der Waals surface area contributed by atoms with Crippen molar-refractivity contribution in [3.8, 4) is 0 Å². The minimum absolute atomic E-state index is 0. The first-order chi connectivity index (χ1) is 15.0. The largest absolute Gasteiger partial charge is 1.00 e. The highest BCUT2D eigenvalue weighted by Gasteiger charge is 2.80. The maximum absolute atomic E-state index is 13.3. The summed E-state index contributed by atoms with van der Waals surface area (Å²) in [6, 6.07) is 4.86. The highest BCUT2D eigenvalue weighted by molar-refractivity contribution is 8.20. The SMILES string of the molecule is CCC[S+](Cl)[C@]1(NC(C)=O)C(=O)N2[C@@H](C(=O)OCc3ccc([N+](=O)[O-])cc3)C(C)(C)S[C@@H]21.[Cl-]. The molecule has 3 rings (SSSR count). The summed E-state index contributed by atoms with van der Waals surface area (Å²) in [5.41, 5.74) is 0.539. The van der Waals surface area contributed by atoms with Gasteiger partial charge in [-0.05, 0) is 38.0 Å². The lowest BCUT2D eigenvalue weighted by Crippen LogP contribution is -3.00. The van der Waals surface area contributed by atoms with Crippen LogP contribution in [0.25, 0.3) is 0 Å². The van der Waals surface area contributed by atoms with Crippen LogP contribution in [-0.2, 0) is 35.8 Å². The van der Waals surface area contributed by atoms with Crippen LogP contribution in [0.5, 0.6) is 0 Å². The molecule has 0 aromatic heterocycles. The zero-order chi connectivity index (χ0) is 23.8. The number of carbonyl (C=O) groups excluding carboxylic acids is 3. The zero-order valence-electron chi connectivity index (χ0n) is 18.5. The predicted octanol–water partition coefficient (Wildman–Crippen LogP) is -0.281. The molecule has 0 saturated carbocycles. The molecular weight excluding hydrogens is 513 g/mol. The van der Waals surface area contributed by atoms with Gasteiger partial charge < -0.3 is 22.0 Å². The molecule has 1 aromatic rings. The molecule has 2 saturated heterocycles. The van der Waals surface area contributed by atoms with Gasteiger partial charge in [0.2, 0.25) is 5.91 Å². The molecule has 13 heteroatoms. The van der Waals surface area contributed by atoms with E-state index in [2.05, 4.69) is 5.32 Å². The first-order valence-corrected chi connectivity index (χ1v) is 13.1. The molecule has 2 heterocycles. The summed E-state index contributed by atoms with van der Waals surface area (Å²) in [6.45, 7) is 6.93. The van der Waals surface area contributed by atoms with Crippen LogP contribution in [0.4, 0.5) is 5.69 Å². The molecule has 0 bridgehead atoms. The number of non-ortho nitro benzene ring substituents is 1. The summed E-state index contributed by atoms with van der Waals surface area (Å²) in [5.74, 6) is -0.735. The Hall–Kier alpha value is -1.69. The van der Waals surface area contributed by atoms with Gasteiger partial charge in [-0.15, -0.1) is 11.8 Å². The number of carbonyl (C=O) groups is 3. The van der Waals surface area contributed by atoms with Crippen molar-refractivity contribution in [2.75, 3.05) is 5.75 Å². The number of hydrogen-bond acceptors (Lipinski definition) is 7. The van der Waals surface area contributed by atoms with E-state index in [0.717, 1.165) is 6.42 Å². The van der Waals surface area contributed by atoms with Crippen LogP contribution < -0.4 is 17.7 Å². The van der Waals surface area contributed by atoms with Gasteiger partial charge in [0.25, 0.3) is 5.69 Å². The highest BCUT2D eigenvalue weighted by atomic mass is 35.7. The molecule has 4 atom stereocenters. The Morgan fingerprint density at radius 2 is 1.94 bits per heavy atom. The molecule has 182 valence electrons. The van der Waals surface area contributed by atoms with Crippen LogP contribution in [0, 0.1) is 10.1 Å².